The summed E-state index contributed by atoms with van der Waals surface area (Å²) < 4.78 is 34.0. The number of hydrogen-bond acceptors (Lipinski definition) is 12. The standard InChI is InChI=1S/C22H31N3O11/c23-25-24-7-4-8-31-21-16(29)14(27)18(12(9-26)33-21)36-22-17(30)15(28)19-13(34-22)10-32-20(35-19)11-5-2-1-3-6-11/h1-3,5-6,12-22,26-30H,4,7-10H2/t12-,13?,14?,15?,16?,17-,18+,19-,20?,21+,22-/m0/s1. The molecule has 0 radical (unpaired) electrons. The molecule has 1 aromatic carbocycles. The first-order chi connectivity index (χ1) is 17.4. The molecule has 200 valence electrons. The van der Waals surface area contributed by atoms with E-state index in [1.165, 1.54) is 0 Å². The van der Waals surface area contributed by atoms with Gasteiger partial charge in [0.2, 0.25) is 0 Å². The van der Waals surface area contributed by atoms with Gasteiger partial charge >= 0.3 is 0 Å². The summed E-state index contributed by atoms with van der Waals surface area (Å²) in [7, 11) is 0. The summed E-state index contributed by atoms with van der Waals surface area (Å²) in [6, 6.07) is 9.11. The van der Waals surface area contributed by atoms with Gasteiger partial charge in [-0.25, -0.2) is 0 Å². The molecule has 5 N–H and O–H groups in total. The van der Waals surface area contributed by atoms with E-state index in [1.54, 1.807) is 0 Å². The van der Waals surface area contributed by atoms with E-state index in [9.17, 15) is 25.5 Å². The van der Waals surface area contributed by atoms with Crippen LogP contribution in [0.3, 0.4) is 0 Å². The molecule has 14 nitrogen and oxygen atoms in total. The Balaban J connectivity index is 1.36. The lowest BCUT2D eigenvalue weighted by molar-refractivity contribution is -0.385. The largest absolute Gasteiger partial charge is 0.394 e. The van der Waals surface area contributed by atoms with E-state index in [0.717, 1.165) is 5.56 Å². The van der Waals surface area contributed by atoms with Crippen LogP contribution in [0.5, 0.6) is 0 Å². The SMILES string of the molecule is [N-]=[N+]=NCCCO[C@@H]1O[C@@H](CO)[C@@H](O[C@@H]2OC3COC(c4ccccc4)O[C@@H]3C(O)[C@@H]2O)C(O)C1O. The highest BCUT2D eigenvalue weighted by Gasteiger charge is 2.53. The number of hydrogen-bond donors (Lipinski definition) is 5. The van der Waals surface area contributed by atoms with Crippen LogP contribution in [0.1, 0.15) is 18.3 Å². The van der Waals surface area contributed by atoms with Crippen molar-refractivity contribution >= 4 is 0 Å². The fraction of sp³-hybridized carbons (Fsp3) is 0.727. The van der Waals surface area contributed by atoms with Gasteiger partial charge in [-0.3, -0.25) is 0 Å². The maximum Gasteiger partial charge on any atom is 0.187 e. The van der Waals surface area contributed by atoms with Gasteiger partial charge in [0.05, 0.1) is 13.2 Å². The van der Waals surface area contributed by atoms with Crippen molar-refractivity contribution in [1.82, 2.24) is 0 Å². The number of rotatable bonds is 9. The summed E-state index contributed by atoms with van der Waals surface area (Å²) in [5, 5.41) is 55.7. The fourth-order valence-corrected chi connectivity index (χ4v) is 4.36. The van der Waals surface area contributed by atoms with Crippen molar-refractivity contribution in [3.8, 4) is 0 Å². The summed E-state index contributed by atoms with van der Waals surface area (Å²) in [6.45, 7) is -0.316. The van der Waals surface area contributed by atoms with E-state index < -0.39 is 74.3 Å². The maximum absolute atomic E-state index is 10.7. The molecule has 14 heteroatoms. The zero-order valence-corrected chi connectivity index (χ0v) is 19.3. The molecule has 4 rings (SSSR count). The van der Waals surface area contributed by atoms with Crippen LogP contribution in [0.15, 0.2) is 35.4 Å². The molecule has 0 amide bonds. The van der Waals surface area contributed by atoms with Gasteiger partial charge in [0.25, 0.3) is 0 Å². The zero-order chi connectivity index (χ0) is 25.7. The normalized spacial score (nSPS) is 40.8. The quantitative estimate of drug-likeness (QED) is 0.118. The van der Waals surface area contributed by atoms with E-state index >= 15 is 0 Å². The van der Waals surface area contributed by atoms with E-state index in [4.69, 9.17) is 34.0 Å². The van der Waals surface area contributed by atoms with Gasteiger partial charge in [-0.2, -0.15) is 0 Å². The lowest BCUT2D eigenvalue weighted by Gasteiger charge is -2.48. The maximum atomic E-state index is 10.7. The van der Waals surface area contributed by atoms with E-state index in [0.29, 0.717) is 6.42 Å². The molecule has 0 spiro atoms. The Hall–Kier alpha value is -1.91. The number of benzene rings is 1. The highest BCUT2D eigenvalue weighted by Crippen LogP contribution is 2.36. The lowest BCUT2D eigenvalue weighted by atomic mass is 9.96. The Morgan fingerprint density at radius 2 is 1.72 bits per heavy atom. The van der Waals surface area contributed by atoms with Crippen molar-refractivity contribution in [2.24, 2.45) is 5.11 Å². The number of aliphatic hydroxyl groups is 5. The molecule has 3 aliphatic heterocycles. The van der Waals surface area contributed by atoms with E-state index in [2.05, 4.69) is 10.0 Å². The summed E-state index contributed by atoms with van der Waals surface area (Å²) in [5.74, 6) is 0. The predicted molar refractivity (Wildman–Crippen MR) is 118 cm³/mol. The van der Waals surface area contributed by atoms with Gasteiger partial charge in [-0.1, -0.05) is 35.4 Å². The molecule has 3 fully saturated rings. The van der Waals surface area contributed by atoms with Crippen molar-refractivity contribution in [1.29, 1.82) is 0 Å². The number of nitrogens with zero attached hydrogens (tertiary/aromatic N) is 3. The van der Waals surface area contributed by atoms with Crippen LogP contribution in [0.25, 0.3) is 10.4 Å². The molecule has 0 aliphatic carbocycles. The molecule has 11 atom stereocenters. The van der Waals surface area contributed by atoms with Crippen molar-refractivity contribution < 1.29 is 54.0 Å². The Bertz CT molecular complexity index is 872. The average Bonchev–Trinajstić information content (AvgIpc) is 2.91. The summed E-state index contributed by atoms with van der Waals surface area (Å²) in [4.78, 5) is 2.63. The number of ether oxygens (including phenoxy) is 6. The van der Waals surface area contributed by atoms with Crippen LogP contribution < -0.4 is 0 Å². The van der Waals surface area contributed by atoms with E-state index in [1.807, 2.05) is 30.3 Å². The minimum absolute atomic E-state index is 0.0371. The Labute approximate surface area is 206 Å². The molecule has 3 heterocycles. The number of fused-ring (bicyclic) bond motifs is 1. The number of azide groups is 1. The van der Waals surface area contributed by atoms with Crippen LogP contribution >= 0.6 is 0 Å². The van der Waals surface area contributed by atoms with Crippen molar-refractivity contribution in [3.63, 3.8) is 0 Å². The molecule has 3 saturated heterocycles. The van der Waals surface area contributed by atoms with Gasteiger partial charge in [-0.15, -0.1) is 0 Å². The zero-order valence-electron chi connectivity index (χ0n) is 19.3. The highest BCUT2D eigenvalue weighted by molar-refractivity contribution is 5.16. The van der Waals surface area contributed by atoms with Crippen LogP contribution in [-0.4, -0.2) is 113 Å². The third-order valence-electron chi connectivity index (χ3n) is 6.26. The second-order valence-electron chi connectivity index (χ2n) is 8.69. The molecular weight excluding hydrogens is 482 g/mol. The van der Waals surface area contributed by atoms with Crippen LogP contribution in [0.2, 0.25) is 0 Å². The van der Waals surface area contributed by atoms with E-state index in [-0.39, 0.29) is 19.8 Å². The first-order valence-electron chi connectivity index (χ1n) is 11.7. The van der Waals surface area contributed by atoms with Crippen LogP contribution in [0.4, 0.5) is 0 Å². The summed E-state index contributed by atoms with van der Waals surface area (Å²) >= 11 is 0. The van der Waals surface area contributed by atoms with Gasteiger partial charge in [0, 0.05) is 23.6 Å². The van der Waals surface area contributed by atoms with Gasteiger partial charge in [-0.05, 0) is 12.0 Å². The topological polar surface area (TPSA) is 205 Å². The van der Waals surface area contributed by atoms with Gasteiger partial charge in [0.15, 0.2) is 18.9 Å². The van der Waals surface area contributed by atoms with Crippen LogP contribution in [-0.2, 0) is 28.4 Å². The Kier molecular flexibility index (Phi) is 9.47. The lowest BCUT2D eigenvalue weighted by Crippen LogP contribution is -2.65. The first-order valence-corrected chi connectivity index (χ1v) is 11.7. The van der Waals surface area contributed by atoms with Crippen molar-refractivity contribution in [2.75, 3.05) is 26.4 Å². The third kappa shape index (κ3) is 5.97. The summed E-state index contributed by atoms with van der Waals surface area (Å²) in [6.07, 6.45) is -13.4. The molecule has 0 saturated carbocycles. The average molecular weight is 514 g/mol. The Morgan fingerprint density at radius 1 is 0.972 bits per heavy atom. The smallest absolute Gasteiger partial charge is 0.187 e. The van der Waals surface area contributed by atoms with Gasteiger partial charge < -0.3 is 54.0 Å². The minimum atomic E-state index is -1.58. The summed E-state index contributed by atoms with van der Waals surface area (Å²) in [5.41, 5.74) is 9.04. The molecule has 0 bridgehead atoms. The molecule has 3 aliphatic rings. The van der Waals surface area contributed by atoms with Gasteiger partial charge in [0.1, 0.15) is 48.8 Å². The second kappa shape index (κ2) is 12.6. The molecule has 1 aromatic rings. The number of aliphatic hydroxyl groups excluding tert-OH is 5. The predicted octanol–water partition coefficient (Wildman–Crippen LogP) is -0.911. The van der Waals surface area contributed by atoms with Crippen molar-refractivity contribution in [2.45, 2.75) is 74.1 Å². The molecule has 5 unspecified atom stereocenters. The Morgan fingerprint density at radius 3 is 2.44 bits per heavy atom. The minimum Gasteiger partial charge on any atom is -0.394 e. The molecular formula is C22H31N3O11. The molecule has 36 heavy (non-hydrogen) atoms. The first kappa shape index (κ1) is 27.1. The highest BCUT2D eigenvalue weighted by atomic mass is 16.8. The third-order valence-corrected chi connectivity index (χ3v) is 6.26. The van der Waals surface area contributed by atoms with Crippen molar-refractivity contribution in [3.05, 3.63) is 46.3 Å². The molecule has 0 aromatic heterocycles. The van der Waals surface area contributed by atoms with Crippen LogP contribution in [0, 0.1) is 0 Å². The second-order valence-corrected chi connectivity index (χ2v) is 8.69. The fourth-order valence-electron chi connectivity index (χ4n) is 4.36. The monoisotopic (exact) mass is 513 g/mol.